The van der Waals surface area contributed by atoms with E-state index in [9.17, 15) is 14.4 Å². The summed E-state index contributed by atoms with van der Waals surface area (Å²) in [6.07, 6.45) is 0.239. The van der Waals surface area contributed by atoms with Crippen molar-refractivity contribution in [3.63, 3.8) is 0 Å². The molecule has 4 N–H and O–H groups in total. The number of esters is 1. The van der Waals surface area contributed by atoms with Crippen LogP contribution in [0, 0.1) is 0 Å². The molecule has 1 amide bonds. The van der Waals surface area contributed by atoms with Gasteiger partial charge in [0, 0.05) is 12.1 Å². The fourth-order valence-corrected chi connectivity index (χ4v) is 1.48. The van der Waals surface area contributed by atoms with E-state index in [1.165, 1.54) is 31.4 Å². The summed E-state index contributed by atoms with van der Waals surface area (Å²) < 4.78 is 4.45. The lowest BCUT2D eigenvalue weighted by Crippen LogP contribution is -2.32. The van der Waals surface area contributed by atoms with E-state index in [2.05, 4.69) is 10.1 Å². The number of ether oxygens (including phenoxy) is 1. The number of benzene rings is 1. The van der Waals surface area contributed by atoms with Gasteiger partial charge in [0.25, 0.3) is 0 Å². The molecule has 0 aliphatic carbocycles. The Morgan fingerprint density at radius 3 is 2.40 bits per heavy atom. The van der Waals surface area contributed by atoms with E-state index in [0.29, 0.717) is 5.69 Å². The van der Waals surface area contributed by atoms with Gasteiger partial charge in [0.2, 0.25) is 5.91 Å². The highest BCUT2D eigenvalue weighted by Crippen LogP contribution is 2.10. The number of rotatable bonds is 6. The molecule has 1 rings (SSSR count). The Hall–Kier alpha value is -2.41. The van der Waals surface area contributed by atoms with Gasteiger partial charge in [-0.05, 0) is 30.7 Å². The second-order valence-corrected chi connectivity index (χ2v) is 4.10. The van der Waals surface area contributed by atoms with Crippen molar-refractivity contribution in [3.05, 3.63) is 29.8 Å². The standard InChI is InChI=1S/C13H16N2O5/c1-20-13(19)10(14)6-7-11(16)15-9-4-2-8(3-5-9)12(17)18/h2-5,10H,6-7,14H2,1H3,(H,15,16)(H,17,18)/t10-/m0/s1. The first-order valence-corrected chi connectivity index (χ1v) is 5.90. The summed E-state index contributed by atoms with van der Waals surface area (Å²) in [6, 6.07) is 4.92. The third kappa shape index (κ3) is 4.69. The van der Waals surface area contributed by atoms with E-state index in [1.54, 1.807) is 0 Å². The summed E-state index contributed by atoms with van der Waals surface area (Å²) in [5.41, 5.74) is 6.12. The van der Waals surface area contributed by atoms with Crippen LogP contribution in [0.1, 0.15) is 23.2 Å². The Balaban J connectivity index is 2.46. The molecule has 0 aliphatic rings. The zero-order valence-corrected chi connectivity index (χ0v) is 11.0. The van der Waals surface area contributed by atoms with Gasteiger partial charge in [0.1, 0.15) is 6.04 Å². The average Bonchev–Trinajstić information content (AvgIpc) is 2.44. The number of carbonyl (C=O) groups excluding carboxylic acids is 2. The lowest BCUT2D eigenvalue weighted by atomic mass is 10.1. The van der Waals surface area contributed by atoms with Gasteiger partial charge in [-0.25, -0.2) is 4.79 Å². The van der Waals surface area contributed by atoms with Gasteiger partial charge in [-0.15, -0.1) is 0 Å². The zero-order chi connectivity index (χ0) is 15.1. The maximum Gasteiger partial charge on any atom is 0.335 e. The third-order valence-corrected chi connectivity index (χ3v) is 2.60. The van der Waals surface area contributed by atoms with Crippen LogP contribution < -0.4 is 11.1 Å². The Morgan fingerprint density at radius 2 is 1.90 bits per heavy atom. The lowest BCUT2D eigenvalue weighted by Gasteiger charge is -2.09. The van der Waals surface area contributed by atoms with Crippen LogP contribution in [0.2, 0.25) is 0 Å². The van der Waals surface area contributed by atoms with Gasteiger partial charge >= 0.3 is 11.9 Å². The Morgan fingerprint density at radius 1 is 1.30 bits per heavy atom. The molecule has 0 bridgehead atoms. The maximum absolute atomic E-state index is 11.6. The number of carboxylic acids is 1. The van der Waals surface area contributed by atoms with Crippen LogP contribution in [0.25, 0.3) is 0 Å². The van der Waals surface area contributed by atoms with Crippen molar-refractivity contribution in [2.24, 2.45) is 5.73 Å². The third-order valence-electron chi connectivity index (χ3n) is 2.60. The molecule has 7 heteroatoms. The molecular formula is C13H16N2O5. The highest BCUT2D eigenvalue weighted by molar-refractivity contribution is 5.92. The molecule has 1 aromatic carbocycles. The largest absolute Gasteiger partial charge is 0.478 e. The van der Waals surface area contributed by atoms with Gasteiger partial charge < -0.3 is 20.9 Å². The highest BCUT2D eigenvalue weighted by atomic mass is 16.5. The minimum Gasteiger partial charge on any atom is -0.478 e. The van der Waals surface area contributed by atoms with Gasteiger partial charge in [0.15, 0.2) is 0 Å². The van der Waals surface area contributed by atoms with E-state index in [1.807, 2.05) is 0 Å². The van der Waals surface area contributed by atoms with Crippen LogP contribution >= 0.6 is 0 Å². The molecule has 0 unspecified atom stereocenters. The van der Waals surface area contributed by atoms with Crippen molar-refractivity contribution < 1.29 is 24.2 Å². The number of hydrogen-bond acceptors (Lipinski definition) is 5. The van der Waals surface area contributed by atoms with E-state index >= 15 is 0 Å². The molecular weight excluding hydrogens is 264 g/mol. The van der Waals surface area contributed by atoms with Crippen LogP contribution in [-0.4, -0.2) is 36.1 Å². The minimum absolute atomic E-state index is 0.0664. The summed E-state index contributed by atoms with van der Waals surface area (Å²) in [5.74, 6) is -1.91. The van der Waals surface area contributed by atoms with Crippen molar-refractivity contribution in [2.45, 2.75) is 18.9 Å². The molecule has 0 heterocycles. The van der Waals surface area contributed by atoms with Crippen LogP contribution in [0.5, 0.6) is 0 Å². The maximum atomic E-state index is 11.6. The molecule has 0 spiro atoms. The number of nitrogens with one attached hydrogen (secondary N) is 1. The predicted molar refractivity (Wildman–Crippen MR) is 71.3 cm³/mol. The second kappa shape index (κ2) is 7.25. The SMILES string of the molecule is COC(=O)[C@@H](N)CCC(=O)Nc1ccc(C(=O)O)cc1. The normalized spacial score (nSPS) is 11.5. The van der Waals surface area contributed by atoms with Gasteiger partial charge in [-0.1, -0.05) is 0 Å². The van der Waals surface area contributed by atoms with Gasteiger partial charge in [0.05, 0.1) is 12.7 Å². The summed E-state index contributed by atoms with van der Waals surface area (Å²) in [5, 5.41) is 11.3. The van der Waals surface area contributed by atoms with Gasteiger partial charge in [-0.2, -0.15) is 0 Å². The Labute approximate surface area is 115 Å². The fourth-order valence-electron chi connectivity index (χ4n) is 1.48. The molecule has 0 aliphatic heterocycles. The minimum atomic E-state index is -1.04. The number of aromatic carboxylic acids is 1. The van der Waals surface area contributed by atoms with E-state index in [-0.39, 0.29) is 24.3 Å². The van der Waals surface area contributed by atoms with E-state index < -0.39 is 18.0 Å². The van der Waals surface area contributed by atoms with Crippen LogP contribution in [0.15, 0.2) is 24.3 Å². The number of anilines is 1. The van der Waals surface area contributed by atoms with Crippen LogP contribution in [0.3, 0.4) is 0 Å². The van der Waals surface area contributed by atoms with Crippen molar-refractivity contribution in [2.75, 3.05) is 12.4 Å². The summed E-state index contributed by atoms with van der Waals surface area (Å²) in [4.78, 5) is 33.3. The monoisotopic (exact) mass is 280 g/mol. The fraction of sp³-hybridized carbons (Fsp3) is 0.308. The Kier molecular flexibility index (Phi) is 5.67. The van der Waals surface area contributed by atoms with Crippen LogP contribution in [-0.2, 0) is 14.3 Å². The number of hydrogen-bond donors (Lipinski definition) is 3. The first-order chi connectivity index (χ1) is 9.43. The molecule has 0 saturated carbocycles. The molecule has 0 fully saturated rings. The number of carbonyl (C=O) groups is 3. The van der Waals surface area contributed by atoms with Crippen molar-refractivity contribution in [3.8, 4) is 0 Å². The molecule has 0 aromatic heterocycles. The molecule has 108 valence electrons. The molecule has 7 nitrogen and oxygen atoms in total. The number of nitrogens with two attached hydrogens (primary N) is 1. The summed E-state index contributed by atoms with van der Waals surface area (Å²) in [7, 11) is 1.23. The number of carboxylic acid groups (broad SMARTS) is 1. The van der Waals surface area contributed by atoms with Crippen LogP contribution in [0.4, 0.5) is 5.69 Å². The van der Waals surface area contributed by atoms with Crippen molar-refractivity contribution >= 4 is 23.5 Å². The summed E-state index contributed by atoms with van der Waals surface area (Å²) >= 11 is 0. The molecule has 0 radical (unpaired) electrons. The highest BCUT2D eigenvalue weighted by Gasteiger charge is 2.15. The zero-order valence-electron chi connectivity index (χ0n) is 11.0. The van der Waals surface area contributed by atoms with E-state index in [0.717, 1.165) is 0 Å². The smallest absolute Gasteiger partial charge is 0.335 e. The first-order valence-electron chi connectivity index (χ1n) is 5.90. The lowest BCUT2D eigenvalue weighted by molar-refractivity contribution is -0.142. The molecule has 1 aromatic rings. The molecule has 20 heavy (non-hydrogen) atoms. The number of amides is 1. The van der Waals surface area contributed by atoms with Gasteiger partial charge in [-0.3, -0.25) is 9.59 Å². The first kappa shape index (κ1) is 15.6. The topological polar surface area (TPSA) is 119 Å². The quantitative estimate of drug-likeness (QED) is 0.657. The molecule has 1 atom stereocenters. The van der Waals surface area contributed by atoms with Crippen molar-refractivity contribution in [1.29, 1.82) is 0 Å². The second-order valence-electron chi connectivity index (χ2n) is 4.10. The molecule has 0 saturated heterocycles. The van der Waals surface area contributed by atoms with Crippen molar-refractivity contribution in [1.82, 2.24) is 0 Å². The average molecular weight is 280 g/mol. The predicted octanol–water partition coefficient (Wildman–Crippen LogP) is 0.604. The van der Waals surface area contributed by atoms with E-state index in [4.69, 9.17) is 10.8 Å². The number of methoxy groups -OCH3 is 1. The Bertz CT molecular complexity index is 498. The summed E-state index contributed by atoms with van der Waals surface area (Å²) in [6.45, 7) is 0.